The van der Waals surface area contributed by atoms with Crippen LogP contribution in [0.1, 0.15) is 12.8 Å². The van der Waals surface area contributed by atoms with Crippen LogP contribution in [0.5, 0.6) is 0 Å². The summed E-state index contributed by atoms with van der Waals surface area (Å²) in [6, 6.07) is 4.91. The largest absolute Gasteiger partial charge is 0.329 e. The number of hydrogen-bond donors (Lipinski definition) is 4. The minimum atomic E-state index is -0.721. The Hall–Kier alpha value is -2.41. The minimum absolute atomic E-state index is 0.105. The number of H-pyrrole nitrogens is 2. The number of rotatable bonds is 3. The number of carbonyl (C=O) groups is 1. The molecule has 1 aromatic heterocycles. The van der Waals surface area contributed by atoms with Crippen molar-refractivity contribution in [2.45, 2.75) is 12.8 Å². The monoisotopic (exact) mass is 274 g/mol. The maximum absolute atomic E-state index is 12.1. The third-order valence-electron chi connectivity index (χ3n) is 3.71. The van der Waals surface area contributed by atoms with Crippen LogP contribution < -0.4 is 22.2 Å². The Kier molecular flexibility index (Phi) is 2.72. The van der Waals surface area contributed by atoms with Gasteiger partial charge in [-0.05, 0) is 31.0 Å². The zero-order valence-corrected chi connectivity index (χ0v) is 10.7. The summed E-state index contributed by atoms with van der Waals surface area (Å²) in [7, 11) is 0. The highest BCUT2D eigenvalue weighted by Crippen LogP contribution is 2.45. The van der Waals surface area contributed by atoms with Crippen LogP contribution in [0, 0.1) is 5.41 Å². The number of carbonyl (C=O) groups excluding carboxylic acids is 1. The molecular weight excluding hydrogens is 260 g/mol. The smallest absolute Gasteiger partial charge is 0.314 e. The molecule has 1 saturated carbocycles. The van der Waals surface area contributed by atoms with Gasteiger partial charge in [0.25, 0.3) is 0 Å². The van der Waals surface area contributed by atoms with E-state index >= 15 is 0 Å². The zero-order chi connectivity index (χ0) is 14.3. The Labute approximate surface area is 113 Å². The van der Waals surface area contributed by atoms with Gasteiger partial charge < -0.3 is 21.0 Å². The second-order valence-electron chi connectivity index (χ2n) is 5.11. The molecular formula is C13H14N4O3. The number of hydrogen-bond acceptors (Lipinski definition) is 4. The first kappa shape index (κ1) is 12.6. The van der Waals surface area contributed by atoms with Gasteiger partial charge in [-0.25, -0.2) is 0 Å². The van der Waals surface area contributed by atoms with Gasteiger partial charge in [-0.15, -0.1) is 0 Å². The van der Waals surface area contributed by atoms with Gasteiger partial charge in [-0.3, -0.25) is 14.4 Å². The van der Waals surface area contributed by atoms with E-state index in [9.17, 15) is 14.4 Å². The predicted molar refractivity (Wildman–Crippen MR) is 74.5 cm³/mol. The highest BCUT2D eigenvalue weighted by atomic mass is 16.2. The molecule has 0 radical (unpaired) electrons. The van der Waals surface area contributed by atoms with E-state index in [-0.39, 0.29) is 5.91 Å². The molecule has 2 aromatic rings. The van der Waals surface area contributed by atoms with Gasteiger partial charge in [-0.2, -0.15) is 0 Å². The molecule has 20 heavy (non-hydrogen) atoms. The van der Waals surface area contributed by atoms with Gasteiger partial charge >= 0.3 is 11.1 Å². The van der Waals surface area contributed by atoms with Gasteiger partial charge in [0.1, 0.15) is 0 Å². The molecule has 104 valence electrons. The van der Waals surface area contributed by atoms with E-state index in [1.807, 2.05) is 0 Å². The molecule has 1 aliphatic rings. The maximum Gasteiger partial charge on any atom is 0.314 e. The highest BCUT2D eigenvalue weighted by molar-refractivity contribution is 5.98. The van der Waals surface area contributed by atoms with Crippen molar-refractivity contribution in [1.82, 2.24) is 9.97 Å². The lowest BCUT2D eigenvalue weighted by Gasteiger charge is -2.13. The van der Waals surface area contributed by atoms with Crippen molar-refractivity contribution in [3.63, 3.8) is 0 Å². The molecule has 0 bridgehead atoms. The van der Waals surface area contributed by atoms with Crippen molar-refractivity contribution < 1.29 is 4.79 Å². The number of fused-ring (bicyclic) bond motifs is 1. The Morgan fingerprint density at radius 3 is 2.45 bits per heavy atom. The molecule has 1 aliphatic carbocycles. The van der Waals surface area contributed by atoms with E-state index in [2.05, 4.69) is 15.3 Å². The lowest BCUT2D eigenvalue weighted by atomic mass is 10.1. The quantitative estimate of drug-likeness (QED) is 0.584. The molecule has 0 spiro atoms. The molecule has 7 nitrogen and oxygen atoms in total. The summed E-state index contributed by atoms with van der Waals surface area (Å²) in [5.41, 5.74) is 5.27. The van der Waals surface area contributed by atoms with Crippen molar-refractivity contribution in [3.8, 4) is 0 Å². The summed E-state index contributed by atoms with van der Waals surface area (Å²) in [5, 5.41) is 2.79. The summed E-state index contributed by atoms with van der Waals surface area (Å²) >= 11 is 0. The first-order valence-corrected chi connectivity index (χ1v) is 6.32. The Morgan fingerprint density at radius 1 is 1.20 bits per heavy atom. The van der Waals surface area contributed by atoms with Crippen LogP contribution in [0.25, 0.3) is 11.0 Å². The van der Waals surface area contributed by atoms with E-state index in [1.165, 1.54) is 0 Å². The standard InChI is InChI=1S/C13H14N4O3/c14-6-13(3-4-13)12(20)15-7-1-2-8-9(5-7)17-11(19)10(18)16-8/h1-2,5H,3-4,6,14H2,(H,15,20)(H,16,18)(H,17,19). The van der Waals surface area contributed by atoms with Crippen LogP contribution in [0.2, 0.25) is 0 Å². The molecule has 1 amide bonds. The fourth-order valence-electron chi connectivity index (χ4n) is 2.13. The van der Waals surface area contributed by atoms with Gasteiger partial charge in [0.05, 0.1) is 16.4 Å². The lowest BCUT2D eigenvalue weighted by molar-refractivity contribution is -0.120. The summed E-state index contributed by atoms with van der Waals surface area (Å²) in [5.74, 6) is -0.105. The third kappa shape index (κ3) is 2.01. The predicted octanol–water partition coefficient (Wildman–Crippen LogP) is -0.106. The fourth-order valence-corrected chi connectivity index (χ4v) is 2.13. The number of amides is 1. The summed E-state index contributed by atoms with van der Waals surface area (Å²) in [4.78, 5) is 39.5. The van der Waals surface area contributed by atoms with Crippen LogP contribution in [0.4, 0.5) is 5.69 Å². The number of aromatic nitrogens is 2. The lowest BCUT2D eigenvalue weighted by Crippen LogP contribution is -2.31. The number of nitrogens with one attached hydrogen (secondary N) is 3. The van der Waals surface area contributed by atoms with Crippen molar-refractivity contribution in [2.75, 3.05) is 11.9 Å². The second-order valence-corrected chi connectivity index (χ2v) is 5.11. The van der Waals surface area contributed by atoms with Crippen LogP contribution >= 0.6 is 0 Å². The number of anilines is 1. The molecule has 7 heteroatoms. The Bertz CT molecular complexity index is 801. The molecule has 3 rings (SSSR count). The SMILES string of the molecule is NCC1(C(=O)Nc2ccc3[nH]c(=O)c(=O)[nH]c3c2)CC1. The molecule has 0 saturated heterocycles. The van der Waals surface area contributed by atoms with Gasteiger partial charge in [0, 0.05) is 12.2 Å². The normalized spacial score (nSPS) is 16.1. The van der Waals surface area contributed by atoms with E-state index in [4.69, 9.17) is 5.73 Å². The molecule has 1 aromatic carbocycles. The number of nitrogens with two attached hydrogens (primary N) is 1. The third-order valence-corrected chi connectivity index (χ3v) is 3.71. The minimum Gasteiger partial charge on any atom is -0.329 e. The van der Waals surface area contributed by atoms with E-state index in [1.54, 1.807) is 18.2 Å². The van der Waals surface area contributed by atoms with E-state index in [0.29, 0.717) is 23.3 Å². The van der Waals surface area contributed by atoms with Gasteiger partial charge in [0.2, 0.25) is 5.91 Å². The average molecular weight is 274 g/mol. The number of aromatic amines is 2. The van der Waals surface area contributed by atoms with Crippen LogP contribution in [-0.2, 0) is 4.79 Å². The Morgan fingerprint density at radius 2 is 1.85 bits per heavy atom. The highest BCUT2D eigenvalue weighted by Gasteiger charge is 2.48. The zero-order valence-electron chi connectivity index (χ0n) is 10.7. The molecule has 1 fully saturated rings. The maximum atomic E-state index is 12.1. The number of benzene rings is 1. The summed E-state index contributed by atoms with van der Waals surface area (Å²) < 4.78 is 0. The van der Waals surface area contributed by atoms with Crippen molar-refractivity contribution >= 4 is 22.6 Å². The topological polar surface area (TPSA) is 121 Å². The van der Waals surface area contributed by atoms with Crippen molar-refractivity contribution in [1.29, 1.82) is 0 Å². The summed E-state index contributed by atoms with van der Waals surface area (Å²) in [6.45, 7) is 0.330. The molecule has 1 heterocycles. The van der Waals surface area contributed by atoms with Crippen LogP contribution in [-0.4, -0.2) is 22.4 Å². The van der Waals surface area contributed by atoms with Gasteiger partial charge in [-0.1, -0.05) is 0 Å². The van der Waals surface area contributed by atoms with E-state index < -0.39 is 16.5 Å². The van der Waals surface area contributed by atoms with Gasteiger partial charge in [0.15, 0.2) is 0 Å². The molecule has 0 atom stereocenters. The van der Waals surface area contributed by atoms with E-state index in [0.717, 1.165) is 12.8 Å². The summed E-state index contributed by atoms with van der Waals surface area (Å²) in [6.07, 6.45) is 1.60. The van der Waals surface area contributed by atoms with Crippen molar-refractivity contribution in [2.24, 2.45) is 11.1 Å². The van der Waals surface area contributed by atoms with Crippen LogP contribution in [0.15, 0.2) is 27.8 Å². The second kappa shape index (κ2) is 4.31. The average Bonchev–Trinajstić information content (AvgIpc) is 3.21. The molecule has 0 unspecified atom stereocenters. The molecule has 0 aliphatic heterocycles. The Balaban J connectivity index is 1.93. The first-order chi connectivity index (χ1) is 9.54. The first-order valence-electron chi connectivity index (χ1n) is 6.32. The fraction of sp³-hybridized carbons (Fsp3) is 0.308. The van der Waals surface area contributed by atoms with Crippen molar-refractivity contribution in [3.05, 3.63) is 38.9 Å². The van der Waals surface area contributed by atoms with Crippen LogP contribution in [0.3, 0.4) is 0 Å². The molecule has 5 N–H and O–H groups in total.